The minimum Gasteiger partial charge on any atom is -0.484 e. The van der Waals surface area contributed by atoms with Gasteiger partial charge in [0.05, 0.1) is 0 Å². The van der Waals surface area contributed by atoms with E-state index >= 15 is 0 Å². The van der Waals surface area contributed by atoms with Gasteiger partial charge in [-0.2, -0.15) is 0 Å². The number of hydrogen-bond donors (Lipinski definition) is 1. The number of halogens is 3. The number of nitrogens with zero attached hydrogens (tertiary/aromatic N) is 1. The molecule has 0 heterocycles. The highest BCUT2D eigenvalue weighted by molar-refractivity contribution is 6.35. The fraction of sp³-hybridized carbons (Fsp3) is 0.391. The number of amides is 2. The van der Waals surface area contributed by atoms with Crippen LogP contribution >= 0.6 is 34.8 Å². The molecule has 0 fully saturated rings. The zero-order valence-corrected chi connectivity index (χ0v) is 20.3. The number of benzene rings is 2. The van der Waals surface area contributed by atoms with Crippen molar-refractivity contribution in [2.45, 2.75) is 52.7 Å². The van der Waals surface area contributed by atoms with Gasteiger partial charge in [0.25, 0.3) is 5.91 Å². The number of aryl methyl sites for hydroxylation is 1. The van der Waals surface area contributed by atoms with Crippen LogP contribution in [0.25, 0.3) is 0 Å². The molecule has 8 heteroatoms. The van der Waals surface area contributed by atoms with E-state index in [1.54, 1.807) is 36.4 Å². The molecule has 1 atom stereocenters. The minimum atomic E-state index is -0.669. The van der Waals surface area contributed by atoms with Crippen molar-refractivity contribution in [2.75, 3.05) is 6.61 Å². The second kappa shape index (κ2) is 11.6. The van der Waals surface area contributed by atoms with E-state index in [0.29, 0.717) is 32.8 Å². The lowest BCUT2D eigenvalue weighted by Crippen LogP contribution is -2.51. The molecule has 0 aliphatic heterocycles. The summed E-state index contributed by atoms with van der Waals surface area (Å²) in [4.78, 5) is 27.5. The Morgan fingerprint density at radius 2 is 1.77 bits per heavy atom. The van der Waals surface area contributed by atoms with E-state index in [4.69, 9.17) is 39.5 Å². The maximum Gasteiger partial charge on any atom is 0.261 e. The van der Waals surface area contributed by atoms with Crippen molar-refractivity contribution in [1.82, 2.24) is 10.2 Å². The van der Waals surface area contributed by atoms with Gasteiger partial charge in [0.2, 0.25) is 5.91 Å². The molecule has 0 spiro atoms. The molecule has 0 unspecified atom stereocenters. The van der Waals surface area contributed by atoms with E-state index in [0.717, 1.165) is 5.56 Å². The Kier molecular flexibility index (Phi) is 9.48. The molecule has 1 N–H and O–H groups in total. The normalized spacial score (nSPS) is 11.9. The summed E-state index contributed by atoms with van der Waals surface area (Å²) in [6, 6.07) is 9.53. The summed E-state index contributed by atoms with van der Waals surface area (Å²) in [6.45, 7) is 7.39. The monoisotopic (exact) mass is 484 g/mol. The van der Waals surface area contributed by atoms with E-state index in [2.05, 4.69) is 5.32 Å². The summed E-state index contributed by atoms with van der Waals surface area (Å²) in [5, 5.41) is 4.43. The van der Waals surface area contributed by atoms with Crippen LogP contribution in [0.5, 0.6) is 5.75 Å². The van der Waals surface area contributed by atoms with E-state index in [9.17, 15) is 9.59 Å². The summed E-state index contributed by atoms with van der Waals surface area (Å²) in [6.07, 6.45) is 0.440. The third-order valence-corrected chi connectivity index (χ3v) is 5.68. The number of hydrogen-bond acceptors (Lipinski definition) is 3. The highest BCUT2D eigenvalue weighted by Crippen LogP contribution is 2.24. The maximum absolute atomic E-state index is 13.2. The van der Waals surface area contributed by atoms with Gasteiger partial charge < -0.3 is 15.0 Å². The molecule has 2 aromatic rings. The van der Waals surface area contributed by atoms with Gasteiger partial charge in [-0.05, 0) is 68.7 Å². The zero-order valence-electron chi connectivity index (χ0n) is 18.0. The molecule has 2 amide bonds. The van der Waals surface area contributed by atoms with E-state index in [1.807, 2.05) is 27.7 Å². The molecule has 5 nitrogen and oxygen atoms in total. The van der Waals surface area contributed by atoms with Crippen LogP contribution in [-0.2, 0) is 16.1 Å². The predicted octanol–water partition coefficient (Wildman–Crippen LogP) is 5.67. The first-order chi connectivity index (χ1) is 14.6. The SMILES string of the molecule is CC[C@H](C(=O)NC(C)C)N(Cc1ccc(Cl)cc1Cl)C(=O)COc1ccc(Cl)c(C)c1. The Bertz CT molecular complexity index is 934. The lowest BCUT2D eigenvalue weighted by Gasteiger charge is -2.31. The average molecular weight is 486 g/mol. The lowest BCUT2D eigenvalue weighted by molar-refractivity contribution is -0.143. The van der Waals surface area contributed by atoms with Gasteiger partial charge in [-0.15, -0.1) is 0 Å². The number of carbonyl (C=O) groups excluding carboxylic acids is 2. The average Bonchev–Trinajstić information content (AvgIpc) is 2.69. The van der Waals surface area contributed by atoms with Crippen LogP contribution in [-0.4, -0.2) is 35.4 Å². The molecule has 0 saturated heterocycles. The van der Waals surface area contributed by atoms with Crippen molar-refractivity contribution in [2.24, 2.45) is 0 Å². The fourth-order valence-corrected chi connectivity index (χ4v) is 3.65. The van der Waals surface area contributed by atoms with Gasteiger partial charge in [-0.25, -0.2) is 0 Å². The Morgan fingerprint density at radius 1 is 1.06 bits per heavy atom. The standard InChI is InChI=1S/C23H27Cl3N2O3/c1-5-21(23(30)27-14(2)3)28(12-16-6-7-17(24)11-20(16)26)22(29)13-31-18-8-9-19(25)15(4)10-18/h6-11,14,21H,5,12-13H2,1-4H3,(H,27,30)/t21-/m1/s1. The summed E-state index contributed by atoms with van der Waals surface area (Å²) in [7, 11) is 0. The molecule has 0 radical (unpaired) electrons. The van der Waals surface area contributed by atoms with Crippen LogP contribution in [0.3, 0.4) is 0 Å². The molecule has 0 bridgehead atoms. The van der Waals surface area contributed by atoms with Crippen LogP contribution in [0.2, 0.25) is 15.1 Å². The van der Waals surface area contributed by atoms with Crippen molar-refractivity contribution in [3.8, 4) is 5.75 Å². The second-order valence-corrected chi connectivity index (χ2v) is 8.80. The first-order valence-electron chi connectivity index (χ1n) is 10.0. The van der Waals surface area contributed by atoms with Crippen LogP contribution < -0.4 is 10.1 Å². The number of nitrogens with one attached hydrogen (secondary N) is 1. The largest absolute Gasteiger partial charge is 0.484 e. The van der Waals surface area contributed by atoms with Gasteiger partial charge >= 0.3 is 0 Å². The molecule has 0 aliphatic carbocycles. The van der Waals surface area contributed by atoms with Gasteiger partial charge in [-0.3, -0.25) is 9.59 Å². The first kappa shape index (κ1) is 25.3. The first-order valence-corrected chi connectivity index (χ1v) is 11.2. The van der Waals surface area contributed by atoms with Gasteiger partial charge in [0.15, 0.2) is 6.61 Å². The maximum atomic E-state index is 13.2. The lowest BCUT2D eigenvalue weighted by atomic mass is 10.1. The molecule has 0 aromatic heterocycles. The summed E-state index contributed by atoms with van der Waals surface area (Å²) in [5.74, 6) is -0.0259. The molecular weight excluding hydrogens is 459 g/mol. The molecule has 0 saturated carbocycles. The minimum absolute atomic E-state index is 0.0501. The van der Waals surface area contributed by atoms with Crippen molar-refractivity contribution in [3.63, 3.8) is 0 Å². The third-order valence-electron chi connectivity index (χ3n) is 4.66. The van der Waals surface area contributed by atoms with Crippen LogP contribution in [0.1, 0.15) is 38.3 Å². The molecule has 2 rings (SSSR count). The number of rotatable bonds is 9. The van der Waals surface area contributed by atoms with Crippen LogP contribution in [0.4, 0.5) is 0 Å². The molecule has 168 valence electrons. The van der Waals surface area contributed by atoms with E-state index < -0.39 is 6.04 Å². The Morgan fingerprint density at radius 3 is 2.35 bits per heavy atom. The van der Waals surface area contributed by atoms with E-state index in [1.165, 1.54) is 4.90 Å². The summed E-state index contributed by atoms with van der Waals surface area (Å²) >= 11 is 18.4. The molecule has 0 aliphatic rings. The third kappa shape index (κ3) is 7.30. The molecule has 2 aromatic carbocycles. The van der Waals surface area contributed by atoms with Crippen LogP contribution in [0, 0.1) is 6.92 Å². The number of ether oxygens (including phenoxy) is 1. The van der Waals surface area contributed by atoms with Crippen LogP contribution in [0.15, 0.2) is 36.4 Å². The highest BCUT2D eigenvalue weighted by Gasteiger charge is 2.29. The topological polar surface area (TPSA) is 58.6 Å². The fourth-order valence-electron chi connectivity index (χ4n) is 3.07. The van der Waals surface area contributed by atoms with Crippen molar-refractivity contribution in [1.29, 1.82) is 0 Å². The summed E-state index contributed by atoms with van der Waals surface area (Å²) < 4.78 is 5.69. The highest BCUT2D eigenvalue weighted by atomic mass is 35.5. The zero-order chi connectivity index (χ0) is 23.1. The quantitative estimate of drug-likeness (QED) is 0.498. The number of carbonyl (C=O) groups is 2. The van der Waals surface area contributed by atoms with Crippen molar-refractivity contribution >= 4 is 46.6 Å². The van der Waals surface area contributed by atoms with E-state index in [-0.39, 0.29) is 31.0 Å². The van der Waals surface area contributed by atoms with Gasteiger partial charge in [-0.1, -0.05) is 47.8 Å². The van der Waals surface area contributed by atoms with Crippen molar-refractivity contribution < 1.29 is 14.3 Å². The summed E-state index contributed by atoms with van der Waals surface area (Å²) in [5.41, 5.74) is 1.54. The smallest absolute Gasteiger partial charge is 0.261 e. The second-order valence-electron chi connectivity index (χ2n) is 7.54. The Labute approximate surface area is 198 Å². The molecular formula is C23H27Cl3N2O3. The predicted molar refractivity (Wildman–Crippen MR) is 126 cm³/mol. The van der Waals surface area contributed by atoms with Gasteiger partial charge in [0, 0.05) is 27.7 Å². The van der Waals surface area contributed by atoms with Crippen molar-refractivity contribution in [3.05, 3.63) is 62.6 Å². The van der Waals surface area contributed by atoms with Gasteiger partial charge in [0.1, 0.15) is 11.8 Å². The Balaban J connectivity index is 2.26. The Hall–Kier alpha value is -1.95. The molecule has 31 heavy (non-hydrogen) atoms.